The molecule has 1 aromatic heterocycles. The number of amides is 1. The van der Waals surface area contributed by atoms with E-state index in [4.69, 9.17) is 0 Å². The number of hydrogen-bond acceptors (Lipinski definition) is 5. The summed E-state index contributed by atoms with van der Waals surface area (Å²) in [6.07, 6.45) is 3.16. The minimum atomic E-state index is -3.44. The summed E-state index contributed by atoms with van der Waals surface area (Å²) < 4.78 is 26.2. The number of pyridine rings is 1. The lowest BCUT2D eigenvalue weighted by molar-refractivity contribution is -0.119. The Balaban J connectivity index is 2.13. The third-order valence-corrected chi connectivity index (χ3v) is 5.36. The highest BCUT2D eigenvalue weighted by atomic mass is 32.2. The van der Waals surface area contributed by atoms with Gasteiger partial charge in [0.1, 0.15) is 10.7 Å². The van der Waals surface area contributed by atoms with Crippen molar-refractivity contribution in [1.82, 2.24) is 14.6 Å². The second kappa shape index (κ2) is 6.40. The fourth-order valence-electron chi connectivity index (χ4n) is 2.20. The van der Waals surface area contributed by atoms with E-state index in [1.165, 1.54) is 16.6 Å². The molecule has 1 saturated heterocycles. The standard InChI is InChI=1S/C13H20N4O3S/c1-14-13(18)10-16(2)12-6-5-11(9-15-12)21(19,20)17-7-3-4-8-17/h5-6,9H,3-4,7-8,10H2,1-2H3,(H,14,18). The third-order valence-electron chi connectivity index (χ3n) is 3.47. The first kappa shape index (κ1) is 15.7. The number of likely N-dealkylation sites (N-methyl/N-ethyl adjacent to an activating group) is 2. The van der Waals surface area contributed by atoms with Crippen LogP contribution in [0.1, 0.15) is 12.8 Å². The van der Waals surface area contributed by atoms with Gasteiger partial charge in [-0.1, -0.05) is 0 Å². The first-order valence-corrected chi connectivity index (χ1v) is 8.27. The van der Waals surface area contributed by atoms with Crippen molar-refractivity contribution in [2.75, 3.05) is 38.6 Å². The highest BCUT2D eigenvalue weighted by molar-refractivity contribution is 7.89. The third kappa shape index (κ3) is 3.51. The predicted octanol–water partition coefficient (Wildman–Crippen LogP) is 0.0483. The molecule has 0 saturated carbocycles. The zero-order valence-corrected chi connectivity index (χ0v) is 13.1. The SMILES string of the molecule is CNC(=O)CN(C)c1ccc(S(=O)(=O)N2CCCC2)cn1. The second-order valence-electron chi connectivity index (χ2n) is 4.99. The molecule has 1 amide bonds. The molecule has 1 N–H and O–H groups in total. The molecule has 21 heavy (non-hydrogen) atoms. The molecule has 0 aromatic carbocycles. The summed E-state index contributed by atoms with van der Waals surface area (Å²) in [5, 5.41) is 2.53. The molecule has 1 aliphatic rings. The lowest BCUT2D eigenvalue weighted by atomic mass is 10.4. The average molecular weight is 312 g/mol. The number of hydrogen-bond donors (Lipinski definition) is 1. The van der Waals surface area contributed by atoms with Gasteiger partial charge in [0.25, 0.3) is 0 Å². The van der Waals surface area contributed by atoms with Crippen LogP contribution in [-0.2, 0) is 14.8 Å². The Kier molecular flexibility index (Phi) is 4.79. The minimum Gasteiger partial charge on any atom is -0.358 e. The highest BCUT2D eigenvalue weighted by Gasteiger charge is 2.27. The van der Waals surface area contributed by atoms with E-state index < -0.39 is 10.0 Å². The smallest absolute Gasteiger partial charge is 0.244 e. The van der Waals surface area contributed by atoms with Crippen LogP contribution in [0.15, 0.2) is 23.2 Å². The normalized spacial score (nSPS) is 15.9. The van der Waals surface area contributed by atoms with Crippen LogP contribution in [0.4, 0.5) is 5.82 Å². The van der Waals surface area contributed by atoms with Crippen LogP contribution in [0.25, 0.3) is 0 Å². The van der Waals surface area contributed by atoms with Gasteiger partial charge in [0, 0.05) is 33.4 Å². The zero-order chi connectivity index (χ0) is 15.5. The van der Waals surface area contributed by atoms with E-state index in [1.807, 2.05) is 0 Å². The number of sulfonamides is 1. The van der Waals surface area contributed by atoms with Crippen LogP contribution >= 0.6 is 0 Å². The van der Waals surface area contributed by atoms with Crippen molar-refractivity contribution < 1.29 is 13.2 Å². The van der Waals surface area contributed by atoms with Gasteiger partial charge in [-0.3, -0.25) is 4.79 Å². The Hall–Kier alpha value is -1.67. The van der Waals surface area contributed by atoms with Gasteiger partial charge >= 0.3 is 0 Å². The molecule has 1 aliphatic heterocycles. The predicted molar refractivity (Wildman–Crippen MR) is 79.6 cm³/mol. The molecule has 7 nitrogen and oxygen atoms in total. The number of nitrogens with zero attached hydrogens (tertiary/aromatic N) is 3. The average Bonchev–Trinajstić information content (AvgIpc) is 3.02. The minimum absolute atomic E-state index is 0.131. The van der Waals surface area contributed by atoms with E-state index in [-0.39, 0.29) is 17.3 Å². The molecule has 0 unspecified atom stereocenters. The molecular weight excluding hydrogens is 292 g/mol. The zero-order valence-electron chi connectivity index (χ0n) is 12.2. The second-order valence-corrected chi connectivity index (χ2v) is 6.93. The Morgan fingerprint density at radius 2 is 2.05 bits per heavy atom. The van der Waals surface area contributed by atoms with E-state index in [2.05, 4.69) is 10.3 Å². The summed E-state index contributed by atoms with van der Waals surface area (Å²) >= 11 is 0. The van der Waals surface area contributed by atoms with E-state index >= 15 is 0 Å². The van der Waals surface area contributed by atoms with Crippen molar-refractivity contribution >= 4 is 21.7 Å². The molecule has 0 spiro atoms. The summed E-state index contributed by atoms with van der Waals surface area (Å²) in [4.78, 5) is 17.3. The van der Waals surface area contributed by atoms with Gasteiger partial charge in [-0.05, 0) is 25.0 Å². The lowest BCUT2D eigenvalue weighted by Gasteiger charge is -2.18. The monoisotopic (exact) mass is 312 g/mol. The summed E-state index contributed by atoms with van der Waals surface area (Å²) in [6, 6.07) is 3.15. The van der Waals surface area contributed by atoms with Crippen LogP contribution in [0, 0.1) is 0 Å². The van der Waals surface area contributed by atoms with Gasteiger partial charge in [0.05, 0.1) is 6.54 Å². The van der Waals surface area contributed by atoms with E-state index in [1.54, 1.807) is 25.1 Å². The molecule has 1 fully saturated rings. The van der Waals surface area contributed by atoms with Gasteiger partial charge in [0.2, 0.25) is 15.9 Å². The first-order chi connectivity index (χ1) is 9.95. The first-order valence-electron chi connectivity index (χ1n) is 6.83. The van der Waals surface area contributed by atoms with Crippen molar-refractivity contribution in [1.29, 1.82) is 0 Å². The van der Waals surface area contributed by atoms with E-state index in [0.717, 1.165) is 12.8 Å². The molecule has 2 rings (SSSR count). The van der Waals surface area contributed by atoms with E-state index in [9.17, 15) is 13.2 Å². The van der Waals surface area contributed by atoms with Crippen LogP contribution in [0.3, 0.4) is 0 Å². The molecule has 0 atom stereocenters. The van der Waals surface area contributed by atoms with Gasteiger partial charge in [0.15, 0.2) is 0 Å². The fraction of sp³-hybridized carbons (Fsp3) is 0.538. The Morgan fingerprint density at radius 3 is 2.57 bits per heavy atom. The number of nitrogens with one attached hydrogen (secondary N) is 1. The van der Waals surface area contributed by atoms with Gasteiger partial charge in [-0.15, -0.1) is 0 Å². The number of rotatable bonds is 5. The molecule has 0 bridgehead atoms. The van der Waals surface area contributed by atoms with Crippen LogP contribution < -0.4 is 10.2 Å². The summed E-state index contributed by atoms with van der Waals surface area (Å²) in [5.74, 6) is 0.423. The van der Waals surface area contributed by atoms with Crippen LogP contribution in [-0.4, -0.2) is 57.3 Å². The van der Waals surface area contributed by atoms with Crippen LogP contribution in [0.2, 0.25) is 0 Å². The Labute approximate surface area is 125 Å². The van der Waals surface area contributed by atoms with Crippen molar-refractivity contribution in [3.05, 3.63) is 18.3 Å². The molecule has 0 aliphatic carbocycles. The van der Waals surface area contributed by atoms with E-state index in [0.29, 0.717) is 18.9 Å². The largest absolute Gasteiger partial charge is 0.358 e. The Bertz CT molecular complexity index is 594. The summed E-state index contributed by atoms with van der Waals surface area (Å²) in [5.41, 5.74) is 0. The molecular formula is C13H20N4O3S. The van der Waals surface area contributed by atoms with Crippen molar-refractivity contribution in [2.45, 2.75) is 17.7 Å². The molecule has 0 radical (unpaired) electrons. The molecule has 8 heteroatoms. The number of carbonyl (C=O) groups is 1. The highest BCUT2D eigenvalue weighted by Crippen LogP contribution is 2.21. The summed E-state index contributed by atoms with van der Waals surface area (Å²) in [6.45, 7) is 1.31. The maximum absolute atomic E-state index is 12.3. The molecule has 1 aromatic rings. The molecule has 2 heterocycles. The maximum atomic E-state index is 12.3. The van der Waals surface area contributed by atoms with Gasteiger partial charge in [-0.2, -0.15) is 4.31 Å². The van der Waals surface area contributed by atoms with Gasteiger partial charge < -0.3 is 10.2 Å². The topological polar surface area (TPSA) is 82.6 Å². The van der Waals surface area contributed by atoms with Crippen molar-refractivity contribution in [3.63, 3.8) is 0 Å². The molecule has 116 valence electrons. The van der Waals surface area contributed by atoms with Crippen molar-refractivity contribution in [2.24, 2.45) is 0 Å². The quantitative estimate of drug-likeness (QED) is 0.830. The fourth-order valence-corrected chi connectivity index (χ4v) is 3.67. The summed E-state index contributed by atoms with van der Waals surface area (Å²) in [7, 11) is -0.143. The number of carbonyl (C=O) groups excluding carboxylic acids is 1. The Morgan fingerprint density at radius 1 is 1.38 bits per heavy atom. The van der Waals surface area contributed by atoms with Gasteiger partial charge in [-0.25, -0.2) is 13.4 Å². The lowest BCUT2D eigenvalue weighted by Crippen LogP contribution is -2.33. The van der Waals surface area contributed by atoms with Crippen LogP contribution in [0.5, 0.6) is 0 Å². The number of aromatic nitrogens is 1. The van der Waals surface area contributed by atoms with Crippen molar-refractivity contribution in [3.8, 4) is 0 Å². The maximum Gasteiger partial charge on any atom is 0.244 e. The number of anilines is 1.